The molecule has 4 heteroatoms. The van der Waals surface area contributed by atoms with Crippen LogP contribution in [0.1, 0.15) is 50.4 Å². The molecule has 0 aromatic heterocycles. The van der Waals surface area contributed by atoms with Gasteiger partial charge in [-0.05, 0) is 26.3 Å². The van der Waals surface area contributed by atoms with Crippen LogP contribution in [0.3, 0.4) is 0 Å². The number of rotatable bonds is 7. The first kappa shape index (κ1) is 15.1. The molecule has 0 N–H and O–H groups in total. The fourth-order valence-corrected chi connectivity index (χ4v) is 2.88. The summed E-state index contributed by atoms with van der Waals surface area (Å²) in [6, 6.07) is 7.05. The van der Waals surface area contributed by atoms with Crippen LogP contribution < -0.4 is 5.30 Å². The van der Waals surface area contributed by atoms with Crippen LogP contribution in [0.5, 0.6) is 0 Å². The van der Waals surface area contributed by atoms with Gasteiger partial charge in [0.1, 0.15) is 0 Å². The highest BCUT2D eigenvalue weighted by Gasteiger charge is 2.16. The normalized spacial score (nSPS) is 12.7. The van der Waals surface area contributed by atoms with Crippen molar-refractivity contribution in [3.8, 4) is 0 Å². The number of hydrogen-bond donors (Lipinski definition) is 0. The second-order valence-corrected chi connectivity index (χ2v) is 5.88. The summed E-state index contributed by atoms with van der Waals surface area (Å²) in [4.78, 5) is 12.0. The Labute approximate surface area is 109 Å². The lowest BCUT2D eigenvalue weighted by Crippen LogP contribution is -2.14. The molecule has 0 aliphatic carbocycles. The molecule has 0 aliphatic heterocycles. The molecule has 1 unspecified atom stereocenters. The lowest BCUT2D eigenvalue weighted by molar-refractivity contribution is 0.0980. The van der Waals surface area contributed by atoms with Crippen molar-refractivity contribution in [3.63, 3.8) is 0 Å². The van der Waals surface area contributed by atoms with E-state index >= 15 is 0 Å². The minimum Gasteiger partial charge on any atom is -0.325 e. The summed E-state index contributed by atoms with van der Waals surface area (Å²) >= 11 is 0. The Kier molecular flexibility index (Phi) is 6.31. The maximum atomic E-state index is 12.1. The van der Waals surface area contributed by atoms with Crippen molar-refractivity contribution >= 4 is 19.1 Å². The van der Waals surface area contributed by atoms with E-state index in [0.29, 0.717) is 17.3 Å². The van der Waals surface area contributed by atoms with E-state index in [9.17, 15) is 9.36 Å². The number of unbranched alkanes of at least 4 members (excludes halogenated alkanes) is 1. The molecule has 1 rings (SSSR count). The number of Topliss-reactive ketones (excluding diaryl/α,β-unsaturated/α-hetero) is 1. The van der Waals surface area contributed by atoms with Crippen LogP contribution in [0.15, 0.2) is 24.3 Å². The number of carbonyl (C=O) groups is 1. The minimum absolute atomic E-state index is 0.0538. The zero-order chi connectivity index (χ0) is 13.5. The molecule has 1 aromatic carbocycles. The molecular weight excluding hydrogens is 247 g/mol. The predicted octanol–water partition coefficient (Wildman–Crippen LogP) is 3.58. The van der Waals surface area contributed by atoms with Gasteiger partial charge in [0.2, 0.25) is 8.03 Å². The summed E-state index contributed by atoms with van der Waals surface area (Å²) in [6.45, 7) is 5.72. The van der Waals surface area contributed by atoms with E-state index in [0.717, 1.165) is 12.8 Å². The maximum Gasteiger partial charge on any atom is 0.221 e. The van der Waals surface area contributed by atoms with E-state index in [2.05, 4.69) is 0 Å². The fraction of sp³-hybridized carbons (Fsp3) is 0.500. The zero-order valence-corrected chi connectivity index (χ0v) is 12.2. The molecule has 1 atom stereocenters. The van der Waals surface area contributed by atoms with Gasteiger partial charge in [0.05, 0.1) is 6.10 Å². The average Bonchev–Trinajstić information content (AvgIpc) is 2.35. The summed E-state index contributed by atoms with van der Waals surface area (Å²) < 4.78 is 17.4. The van der Waals surface area contributed by atoms with Crippen molar-refractivity contribution in [1.29, 1.82) is 0 Å². The van der Waals surface area contributed by atoms with Crippen LogP contribution in [0.4, 0.5) is 0 Å². The average molecular weight is 268 g/mol. The van der Waals surface area contributed by atoms with Gasteiger partial charge in [-0.3, -0.25) is 9.36 Å². The van der Waals surface area contributed by atoms with E-state index in [4.69, 9.17) is 4.52 Å². The minimum atomic E-state index is -2.34. The van der Waals surface area contributed by atoms with Gasteiger partial charge < -0.3 is 4.52 Å². The third-order valence-corrected chi connectivity index (χ3v) is 4.11. The molecule has 1 aromatic rings. The highest BCUT2D eigenvalue weighted by atomic mass is 31.1. The van der Waals surface area contributed by atoms with Crippen LogP contribution in [-0.2, 0) is 9.09 Å². The molecule has 0 fully saturated rings. The molecule has 0 radical (unpaired) electrons. The van der Waals surface area contributed by atoms with Gasteiger partial charge >= 0.3 is 0 Å². The van der Waals surface area contributed by atoms with Gasteiger partial charge in [-0.15, -0.1) is 0 Å². The van der Waals surface area contributed by atoms with Crippen molar-refractivity contribution in [3.05, 3.63) is 29.8 Å². The van der Waals surface area contributed by atoms with E-state index in [1.54, 1.807) is 24.3 Å². The van der Waals surface area contributed by atoms with Gasteiger partial charge in [-0.25, -0.2) is 0 Å². The van der Waals surface area contributed by atoms with Crippen LogP contribution in [0.25, 0.3) is 0 Å². The smallest absolute Gasteiger partial charge is 0.221 e. The van der Waals surface area contributed by atoms with Gasteiger partial charge in [0, 0.05) is 17.3 Å². The Bertz CT molecular complexity index is 427. The molecule has 100 valence electrons. The molecule has 18 heavy (non-hydrogen) atoms. The molecule has 0 aliphatic rings. The molecule has 0 bridgehead atoms. The lowest BCUT2D eigenvalue weighted by Gasteiger charge is -2.11. The molecule has 0 saturated carbocycles. The molecule has 0 spiro atoms. The predicted molar refractivity (Wildman–Crippen MR) is 75.2 cm³/mol. The summed E-state index contributed by atoms with van der Waals surface area (Å²) in [5.41, 5.74) is 0.551. The Morgan fingerprint density at radius 3 is 2.61 bits per heavy atom. The van der Waals surface area contributed by atoms with Crippen LogP contribution >= 0.6 is 8.03 Å². The van der Waals surface area contributed by atoms with E-state index in [-0.39, 0.29) is 11.9 Å². The molecule has 3 nitrogen and oxygen atoms in total. The van der Waals surface area contributed by atoms with Crippen molar-refractivity contribution in [2.45, 2.75) is 46.1 Å². The first-order valence-electron chi connectivity index (χ1n) is 6.39. The summed E-state index contributed by atoms with van der Waals surface area (Å²) in [5.74, 6) is 0.0538. The standard InChI is InChI=1S/C14H21O3P/c1-4-5-9-13(15)12-8-6-7-10-14(12)18(16)17-11(2)3/h6-8,10-11,18H,4-5,9H2,1-3H3. The van der Waals surface area contributed by atoms with Gasteiger partial charge in [-0.1, -0.05) is 31.5 Å². The topological polar surface area (TPSA) is 43.4 Å². The molecule has 0 saturated heterocycles. The van der Waals surface area contributed by atoms with Crippen molar-refractivity contribution < 1.29 is 13.9 Å². The SMILES string of the molecule is CCCCC(=O)c1ccccc1[PH](=O)OC(C)C. The van der Waals surface area contributed by atoms with Crippen LogP contribution in [0.2, 0.25) is 0 Å². The molecular formula is C14H21O3P. The lowest BCUT2D eigenvalue weighted by atomic mass is 10.1. The number of carbonyl (C=O) groups excluding carboxylic acids is 1. The first-order valence-corrected chi connectivity index (χ1v) is 7.71. The third kappa shape index (κ3) is 4.40. The Balaban J connectivity index is 2.92. The monoisotopic (exact) mass is 268 g/mol. The van der Waals surface area contributed by atoms with Crippen LogP contribution in [0, 0.1) is 0 Å². The van der Waals surface area contributed by atoms with Crippen molar-refractivity contribution in [2.75, 3.05) is 0 Å². The Morgan fingerprint density at radius 1 is 1.33 bits per heavy atom. The van der Waals surface area contributed by atoms with Crippen molar-refractivity contribution in [2.24, 2.45) is 0 Å². The van der Waals surface area contributed by atoms with Crippen molar-refractivity contribution in [1.82, 2.24) is 0 Å². The highest BCUT2D eigenvalue weighted by Crippen LogP contribution is 2.26. The highest BCUT2D eigenvalue weighted by molar-refractivity contribution is 7.48. The third-order valence-electron chi connectivity index (χ3n) is 2.55. The largest absolute Gasteiger partial charge is 0.325 e. The molecule has 0 heterocycles. The second kappa shape index (κ2) is 7.50. The van der Waals surface area contributed by atoms with E-state index < -0.39 is 8.03 Å². The Hall–Kier alpha value is -0.920. The van der Waals surface area contributed by atoms with E-state index in [1.807, 2.05) is 20.8 Å². The van der Waals surface area contributed by atoms with Gasteiger partial charge in [0.15, 0.2) is 5.78 Å². The fourth-order valence-electron chi connectivity index (χ4n) is 1.65. The number of hydrogen-bond acceptors (Lipinski definition) is 3. The number of ketones is 1. The second-order valence-electron chi connectivity index (χ2n) is 4.53. The quantitative estimate of drug-likeness (QED) is 0.560. The number of benzene rings is 1. The van der Waals surface area contributed by atoms with Gasteiger partial charge in [-0.2, -0.15) is 0 Å². The summed E-state index contributed by atoms with van der Waals surface area (Å²) in [6.07, 6.45) is 2.24. The zero-order valence-electron chi connectivity index (χ0n) is 11.2. The van der Waals surface area contributed by atoms with E-state index in [1.165, 1.54) is 0 Å². The molecule has 0 amide bonds. The maximum absolute atomic E-state index is 12.1. The van der Waals surface area contributed by atoms with Gasteiger partial charge in [0.25, 0.3) is 0 Å². The summed E-state index contributed by atoms with van der Waals surface area (Å²) in [5, 5.41) is 0.553. The summed E-state index contributed by atoms with van der Waals surface area (Å²) in [7, 11) is -2.34. The van der Waals surface area contributed by atoms with Crippen LogP contribution in [-0.4, -0.2) is 11.9 Å². The Morgan fingerprint density at radius 2 is 2.00 bits per heavy atom. The first-order chi connectivity index (χ1) is 8.56.